The molecule has 0 saturated heterocycles. The molecule has 0 N–H and O–H groups in total. The summed E-state index contributed by atoms with van der Waals surface area (Å²) < 4.78 is 5.13. The minimum Gasteiger partial charge on any atom is -0.423 e. The molecule has 0 aliphatic heterocycles. The maximum Gasteiger partial charge on any atom is 0.247 e. The van der Waals surface area contributed by atoms with Gasteiger partial charge >= 0.3 is 0 Å². The smallest absolute Gasteiger partial charge is 0.247 e. The molecule has 0 radical (unpaired) electrons. The van der Waals surface area contributed by atoms with Crippen LogP contribution in [0, 0.1) is 0 Å². The van der Waals surface area contributed by atoms with E-state index in [9.17, 15) is 0 Å². The fraction of sp³-hybridized carbons (Fsp3) is 0. The number of hydrogen-bond acceptors (Lipinski definition) is 4. The molecule has 0 aliphatic carbocycles. The van der Waals surface area contributed by atoms with Gasteiger partial charge in [0, 0.05) is 17.1 Å². The lowest BCUT2D eigenvalue weighted by atomic mass is 10.1. The van der Waals surface area contributed by atoms with E-state index in [0.717, 1.165) is 16.5 Å². The monoisotopic (exact) mass is 197 g/mol. The van der Waals surface area contributed by atoms with E-state index >= 15 is 0 Å². The van der Waals surface area contributed by atoms with Crippen molar-refractivity contribution < 1.29 is 4.42 Å². The Morgan fingerprint density at radius 3 is 3.00 bits per heavy atom. The number of pyridine rings is 1. The zero-order chi connectivity index (χ0) is 10.1. The highest BCUT2D eigenvalue weighted by atomic mass is 16.4. The number of hydrogen-bond donors (Lipinski definition) is 0. The van der Waals surface area contributed by atoms with E-state index in [-0.39, 0.29) is 0 Å². The third kappa shape index (κ3) is 1.36. The topological polar surface area (TPSA) is 51.8 Å². The second kappa shape index (κ2) is 3.16. The lowest BCUT2D eigenvalue weighted by Gasteiger charge is -1.98. The van der Waals surface area contributed by atoms with Gasteiger partial charge in [-0.1, -0.05) is 6.07 Å². The SMILES string of the molecule is c1cnc2ccc(-c3nnco3)cc2c1. The van der Waals surface area contributed by atoms with Crippen molar-refractivity contribution in [3.05, 3.63) is 42.9 Å². The average Bonchev–Trinajstić information content (AvgIpc) is 2.82. The standard InChI is InChI=1S/C11H7N3O/c1-2-8-6-9(11-14-13-7-15-11)3-4-10(8)12-5-1/h1-7H. The van der Waals surface area contributed by atoms with Gasteiger partial charge < -0.3 is 4.42 Å². The number of nitrogens with zero attached hydrogens (tertiary/aromatic N) is 3. The Morgan fingerprint density at radius 1 is 1.13 bits per heavy atom. The summed E-state index contributed by atoms with van der Waals surface area (Å²) >= 11 is 0. The summed E-state index contributed by atoms with van der Waals surface area (Å²) in [5.41, 5.74) is 1.87. The van der Waals surface area contributed by atoms with Crippen LogP contribution in [0.15, 0.2) is 47.3 Å². The molecule has 2 aromatic heterocycles. The van der Waals surface area contributed by atoms with Crippen LogP contribution in [0.4, 0.5) is 0 Å². The molecule has 3 aromatic rings. The predicted molar refractivity (Wildman–Crippen MR) is 55.0 cm³/mol. The van der Waals surface area contributed by atoms with E-state index in [1.807, 2.05) is 30.3 Å². The molecule has 0 aliphatic rings. The molecule has 4 heteroatoms. The van der Waals surface area contributed by atoms with Gasteiger partial charge in [0.15, 0.2) is 0 Å². The van der Waals surface area contributed by atoms with Crippen LogP contribution in [0.5, 0.6) is 0 Å². The minimum absolute atomic E-state index is 0.528. The van der Waals surface area contributed by atoms with Crippen molar-refractivity contribution in [2.75, 3.05) is 0 Å². The lowest BCUT2D eigenvalue weighted by molar-refractivity contribution is 0.569. The molecular formula is C11H7N3O. The summed E-state index contributed by atoms with van der Waals surface area (Å²) in [5, 5.41) is 8.57. The van der Waals surface area contributed by atoms with Gasteiger partial charge in [0.2, 0.25) is 12.3 Å². The highest BCUT2D eigenvalue weighted by Crippen LogP contribution is 2.20. The van der Waals surface area contributed by atoms with Crippen LogP contribution in [0.25, 0.3) is 22.4 Å². The third-order valence-corrected chi connectivity index (χ3v) is 2.21. The molecule has 3 rings (SSSR count). The van der Waals surface area contributed by atoms with E-state index in [1.165, 1.54) is 6.39 Å². The maximum absolute atomic E-state index is 5.13. The van der Waals surface area contributed by atoms with Gasteiger partial charge in [-0.25, -0.2) is 0 Å². The summed E-state index contributed by atoms with van der Waals surface area (Å²) in [4.78, 5) is 4.24. The van der Waals surface area contributed by atoms with Gasteiger partial charge in [0.05, 0.1) is 5.52 Å². The Balaban J connectivity index is 2.22. The number of fused-ring (bicyclic) bond motifs is 1. The molecule has 1 aromatic carbocycles. The molecule has 2 heterocycles. The lowest BCUT2D eigenvalue weighted by Crippen LogP contribution is -1.81. The summed E-state index contributed by atoms with van der Waals surface area (Å²) in [6.07, 6.45) is 3.09. The van der Waals surface area contributed by atoms with Gasteiger partial charge in [-0.3, -0.25) is 4.98 Å². The molecule has 4 nitrogen and oxygen atoms in total. The van der Waals surface area contributed by atoms with Crippen molar-refractivity contribution in [1.82, 2.24) is 15.2 Å². The van der Waals surface area contributed by atoms with Crippen LogP contribution in [-0.2, 0) is 0 Å². The average molecular weight is 197 g/mol. The van der Waals surface area contributed by atoms with E-state index < -0.39 is 0 Å². The van der Waals surface area contributed by atoms with E-state index in [4.69, 9.17) is 4.42 Å². The molecule has 0 spiro atoms. The van der Waals surface area contributed by atoms with Crippen molar-refractivity contribution in [3.63, 3.8) is 0 Å². The summed E-state index contributed by atoms with van der Waals surface area (Å²) in [5.74, 6) is 0.528. The maximum atomic E-state index is 5.13. The van der Waals surface area contributed by atoms with Crippen molar-refractivity contribution in [2.45, 2.75) is 0 Å². The van der Waals surface area contributed by atoms with Gasteiger partial charge in [0.25, 0.3) is 0 Å². The van der Waals surface area contributed by atoms with E-state index in [2.05, 4.69) is 15.2 Å². The molecule has 0 atom stereocenters. The fourth-order valence-electron chi connectivity index (χ4n) is 1.51. The third-order valence-electron chi connectivity index (χ3n) is 2.21. The van der Waals surface area contributed by atoms with Gasteiger partial charge in [0.1, 0.15) is 0 Å². The predicted octanol–water partition coefficient (Wildman–Crippen LogP) is 2.28. The number of aromatic nitrogens is 3. The second-order valence-corrected chi connectivity index (χ2v) is 3.15. The van der Waals surface area contributed by atoms with Crippen LogP contribution < -0.4 is 0 Å². The zero-order valence-corrected chi connectivity index (χ0v) is 7.79. The Bertz CT molecular complexity index is 590. The zero-order valence-electron chi connectivity index (χ0n) is 7.79. The van der Waals surface area contributed by atoms with Gasteiger partial charge in [-0.2, -0.15) is 0 Å². The van der Waals surface area contributed by atoms with Crippen molar-refractivity contribution in [3.8, 4) is 11.5 Å². The van der Waals surface area contributed by atoms with Gasteiger partial charge in [-0.05, 0) is 24.3 Å². The Kier molecular flexibility index (Phi) is 1.71. The van der Waals surface area contributed by atoms with Crippen molar-refractivity contribution >= 4 is 10.9 Å². The molecule has 0 unspecified atom stereocenters. The van der Waals surface area contributed by atoms with E-state index in [1.54, 1.807) is 6.20 Å². The summed E-state index contributed by atoms with van der Waals surface area (Å²) in [6.45, 7) is 0. The Hall–Kier alpha value is -2.23. The first-order valence-electron chi connectivity index (χ1n) is 4.55. The van der Waals surface area contributed by atoms with Crippen LogP contribution >= 0.6 is 0 Å². The van der Waals surface area contributed by atoms with E-state index in [0.29, 0.717) is 5.89 Å². The fourth-order valence-corrected chi connectivity index (χ4v) is 1.51. The highest BCUT2D eigenvalue weighted by Gasteiger charge is 2.03. The van der Waals surface area contributed by atoms with Crippen LogP contribution in [0.2, 0.25) is 0 Å². The summed E-state index contributed by atoms with van der Waals surface area (Å²) in [6, 6.07) is 9.75. The van der Waals surface area contributed by atoms with Crippen molar-refractivity contribution in [1.29, 1.82) is 0 Å². The molecule has 0 saturated carbocycles. The Morgan fingerprint density at radius 2 is 2.13 bits per heavy atom. The molecule has 0 amide bonds. The normalized spacial score (nSPS) is 10.7. The summed E-state index contributed by atoms with van der Waals surface area (Å²) in [7, 11) is 0. The first-order valence-corrected chi connectivity index (χ1v) is 4.55. The Labute approximate surface area is 85.6 Å². The molecule has 72 valence electrons. The molecular weight excluding hydrogens is 190 g/mol. The van der Waals surface area contributed by atoms with Crippen molar-refractivity contribution in [2.24, 2.45) is 0 Å². The quantitative estimate of drug-likeness (QED) is 0.600. The van der Waals surface area contributed by atoms with Crippen LogP contribution in [0.1, 0.15) is 0 Å². The van der Waals surface area contributed by atoms with Crippen LogP contribution in [-0.4, -0.2) is 15.2 Å². The minimum atomic E-state index is 0.528. The first-order chi connectivity index (χ1) is 7.43. The number of rotatable bonds is 1. The molecule has 0 bridgehead atoms. The second-order valence-electron chi connectivity index (χ2n) is 3.15. The number of benzene rings is 1. The first kappa shape index (κ1) is 8.11. The van der Waals surface area contributed by atoms with Crippen LogP contribution in [0.3, 0.4) is 0 Å². The highest BCUT2D eigenvalue weighted by molar-refractivity contribution is 5.82. The molecule has 15 heavy (non-hydrogen) atoms. The van der Waals surface area contributed by atoms with Gasteiger partial charge in [-0.15, -0.1) is 10.2 Å². The molecule has 0 fully saturated rings. The largest absolute Gasteiger partial charge is 0.423 e.